The maximum atomic E-state index is 13.7. The van der Waals surface area contributed by atoms with Crippen LogP contribution < -0.4 is 14.9 Å². The number of hydrogen-bond donors (Lipinski definition) is 9. The van der Waals surface area contributed by atoms with Crippen molar-refractivity contribution in [3.05, 3.63) is 40.6 Å². The molecule has 15 heteroatoms. The number of phenolic OH excluding ortho intramolecular Hbond substituents is 3. The first-order valence-corrected chi connectivity index (χ1v) is 12.9. The fraction of sp³-hybridized carbons (Fsp3) is 0.444. The molecule has 1 aromatic heterocycles. The molecule has 0 aliphatic carbocycles. The normalized spacial score (nSPS) is 33.4. The second kappa shape index (κ2) is 11.2. The van der Waals surface area contributed by atoms with Gasteiger partial charge in [0.1, 0.15) is 59.1 Å². The van der Waals surface area contributed by atoms with Gasteiger partial charge in [0, 0.05) is 17.7 Å². The van der Waals surface area contributed by atoms with Gasteiger partial charge in [0.2, 0.25) is 23.8 Å². The van der Waals surface area contributed by atoms with Crippen molar-refractivity contribution in [1.82, 2.24) is 0 Å². The molecule has 3 heterocycles. The molecule has 5 rings (SSSR count). The van der Waals surface area contributed by atoms with Crippen molar-refractivity contribution in [2.24, 2.45) is 0 Å². The van der Waals surface area contributed by atoms with Crippen LogP contribution in [0.5, 0.6) is 28.7 Å². The van der Waals surface area contributed by atoms with Gasteiger partial charge in [-0.3, -0.25) is 4.79 Å². The predicted molar refractivity (Wildman–Crippen MR) is 139 cm³/mol. The highest BCUT2D eigenvalue weighted by Crippen LogP contribution is 2.40. The highest BCUT2D eigenvalue weighted by Gasteiger charge is 2.45. The Bertz CT molecular complexity index is 1520. The Morgan fingerprint density at radius 1 is 0.667 bits per heavy atom. The molecule has 0 radical (unpaired) electrons. The van der Waals surface area contributed by atoms with Crippen LogP contribution in [0.4, 0.5) is 0 Å². The first kappa shape index (κ1) is 29.8. The number of aliphatic hydroxyl groups is 6. The molecule has 2 aromatic carbocycles. The van der Waals surface area contributed by atoms with Gasteiger partial charge >= 0.3 is 0 Å². The summed E-state index contributed by atoms with van der Waals surface area (Å²) in [5, 5.41) is 91.2. The third-order valence-electron chi connectivity index (χ3n) is 7.25. The molecule has 9 N–H and O–H groups in total. The Balaban J connectivity index is 1.61. The van der Waals surface area contributed by atoms with Gasteiger partial charge in [-0.2, -0.15) is 0 Å². The molecule has 2 saturated heterocycles. The quantitative estimate of drug-likeness (QED) is 0.161. The predicted octanol–water partition coefficient (Wildman–Crippen LogP) is -1.01. The second-order valence-corrected chi connectivity index (χ2v) is 10.2. The van der Waals surface area contributed by atoms with Gasteiger partial charge < -0.3 is 69.3 Å². The molecule has 0 spiro atoms. The summed E-state index contributed by atoms with van der Waals surface area (Å²) in [5.41, 5.74) is -1.26. The van der Waals surface area contributed by atoms with Crippen LogP contribution in [0.2, 0.25) is 0 Å². The molecule has 0 unspecified atom stereocenters. The van der Waals surface area contributed by atoms with Crippen molar-refractivity contribution >= 4 is 11.0 Å². The third-order valence-corrected chi connectivity index (χ3v) is 7.25. The van der Waals surface area contributed by atoms with E-state index in [0.717, 1.165) is 24.3 Å². The summed E-state index contributed by atoms with van der Waals surface area (Å²) in [6.45, 7) is 2.85. The van der Waals surface area contributed by atoms with Crippen LogP contribution in [0.3, 0.4) is 0 Å². The lowest BCUT2D eigenvalue weighted by atomic mass is 10.00. The van der Waals surface area contributed by atoms with Crippen molar-refractivity contribution in [3.63, 3.8) is 0 Å². The molecular formula is C27H30O15. The van der Waals surface area contributed by atoms with Gasteiger partial charge in [-0.05, 0) is 32.0 Å². The summed E-state index contributed by atoms with van der Waals surface area (Å²) < 4.78 is 28.0. The lowest BCUT2D eigenvalue weighted by Crippen LogP contribution is -2.58. The maximum absolute atomic E-state index is 13.7. The number of benzene rings is 2. The van der Waals surface area contributed by atoms with Crippen molar-refractivity contribution in [2.45, 2.75) is 75.3 Å². The number of aliphatic hydroxyl groups excluding tert-OH is 6. The summed E-state index contributed by atoms with van der Waals surface area (Å²) in [7, 11) is 0. The summed E-state index contributed by atoms with van der Waals surface area (Å²) in [6.07, 6.45) is -14.7. The summed E-state index contributed by atoms with van der Waals surface area (Å²) in [5.74, 6) is -2.89. The molecule has 42 heavy (non-hydrogen) atoms. The van der Waals surface area contributed by atoms with E-state index in [4.69, 9.17) is 23.4 Å². The lowest BCUT2D eigenvalue weighted by Gasteiger charge is -2.39. The average Bonchev–Trinajstić information content (AvgIpc) is 2.94. The zero-order valence-electron chi connectivity index (χ0n) is 22.1. The zero-order chi connectivity index (χ0) is 30.6. The molecule has 2 aliphatic rings. The molecule has 0 saturated carbocycles. The van der Waals surface area contributed by atoms with Crippen molar-refractivity contribution in [2.75, 3.05) is 0 Å². The Labute approximate surface area is 236 Å². The highest BCUT2D eigenvalue weighted by atomic mass is 16.7. The lowest BCUT2D eigenvalue weighted by molar-refractivity contribution is -0.268. The molecule has 0 bridgehead atoms. The van der Waals surface area contributed by atoms with Crippen molar-refractivity contribution < 1.29 is 69.3 Å². The first-order valence-electron chi connectivity index (χ1n) is 12.9. The molecule has 10 atom stereocenters. The van der Waals surface area contributed by atoms with Crippen molar-refractivity contribution in [1.29, 1.82) is 0 Å². The highest BCUT2D eigenvalue weighted by molar-refractivity contribution is 5.88. The van der Waals surface area contributed by atoms with Gasteiger partial charge in [-0.25, -0.2) is 0 Å². The Morgan fingerprint density at radius 2 is 1.24 bits per heavy atom. The van der Waals surface area contributed by atoms with E-state index in [1.165, 1.54) is 19.9 Å². The van der Waals surface area contributed by atoms with Crippen LogP contribution in [0, 0.1) is 0 Å². The number of ether oxygens (including phenoxy) is 4. The zero-order valence-corrected chi connectivity index (χ0v) is 22.1. The molecule has 228 valence electrons. The van der Waals surface area contributed by atoms with E-state index in [-0.39, 0.29) is 22.7 Å². The molecule has 2 aliphatic heterocycles. The smallest absolute Gasteiger partial charge is 0.239 e. The number of phenols is 3. The van der Waals surface area contributed by atoms with Crippen LogP contribution >= 0.6 is 0 Å². The van der Waals surface area contributed by atoms with Crippen LogP contribution in [-0.4, -0.2) is 107 Å². The summed E-state index contributed by atoms with van der Waals surface area (Å²) in [6, 6.07) is 5.59. The molecular weight excluding hydrogens is 564 g/mol. The number of hydrogen-bond acceptors (Lipinski definition) is 15. The summed E-state index contributed by atoms with van der Waals surface area (Å²) >= 11 is 0. The third kappa shape index (κ3) is 5.21. The fourth-order valence-corrected chi connectivity index (χ4v) is 4.76. The number of rotatable bonds is 5. The Morgan fingerprint density at radius 3 is 1.81 bits per heavy atom. The minimum absolute atomic E-state index is 0.000938. The molecule has 2 fully saturated rings. The largest absolute Gasteiger partial charge is 0.507 e. The maximum Gasteiger partial charge on any atom is 0.239 e. The number of aromatic hydroxyl groups is 3. The van der Waals surface area contributed by atoms with Gasteiger partial charge in [-0.1, -0.05) is 0 Å². The van der Waals surface area contributed by atoms with Crippen LogP contribution in [-0.2, 0) is 9.47 Å². The van der Waals surface area contributed by atoms with E-state index in [0.29, 0.717) is 0 Å². The number of fused-ring (bicyclic) bond motifs is 1. The van der Waals surface area contributed by atoms with E-state index in [2.05, 4.69) is 0 Å². The minimum atomic E-state index is -1.81. The summed E-state index contributed by atoms with van der Waals surface area (Å²) in [4.78, 5) is 13.7. The minimum Gasteiger partial charge on any atom is -0.507 e. The van der Waals surface area contributed by atoms with E-state index in [9.17, 15) is 50.8 Å². The van der Waals surface area contributed by atoms with Crippen LogP contribution in [0.15, 0.2) is 39.5 Å². The Kier molecular flexibility index (Phi) is 7.95. The van der Waals surface area contributed by atoms with Gasteiger partial charge in [0.25, 0.3) is 0 Å². The molecule has 15 nitrogen and oxygen atoms in total. The van der Waals surface area contributed by atoms with Gasteiger partial charge in [0.05, 0.1) is 12.2 Å². The SMILES string of the molecule is C[C@@H]1O[C@H](Oc2cc(O)c3c(=O)c(O[C@H]4O[C@@H](C)[C@H](O)[C@@H](O)[C@H]4O)c(-c4ccc(O)c(O)c4)oc3c2)[C@H](O)[C@H](O)[C@H]1O. The van der Waals surface area contributed by atoms with Gasteiger partial charge in [0.15, 0.2) is 17.3 Å². The standard InChI is InChI=1S/C27H30O15/c1-8-17(31)20(34)22(36)26(38-8)40-11-6-14(30)16-15(7-11)41-24(10-3-4-12(28)13(29)5-10)25(19(16)33)42-27-23(37)21(35)18(32)9(2)39-27/h3-9,17-18,20-23,26-32,34-37H,1-2H3/t8-,9-,17-,18-,20+,21+,22+,23+,26+,27+/m0/s1. The van der Waals surface area contributed by atoms with Gasteiger partial charge in [-0.15, -0.1) is 0 Å². The first-order chi connectivity index (χ1) is 19.8. The van der Waals surface area contributed by atoms with E-state index in [1.807, 2.05) is 0 Å². The fourth-order valence-electron chi connectivity index (χ4n) is 4.76. The van der Waals surface area contributed by atoms with Crippen molar-refractivity contribution in [3.8, 4) is 40.1 Å². The van der Waals surface area contributed by atoms with E-state index >= 15 is 0 Å². The Hall–Kier alpha value is -3.67. The monoisotopic (exact) mass is 594 g/mol. The van der Waals surface area contributed by atoms with E-state index in [1.54, 1.807) is 0 Å². The second-order valence-electron chi connectivity index (χ2n) is 10.2. The van der Waals surface area contributed by atoms with Crippen LogP contribution in [0.1, 0.15) is 13.8 Å². The van der Waals surface area contributed by atoms with E-state index < -0.39 is 95.2 Å². The van der Waals surface area contributed by atoms with Crippen LogP contribution in [0.25, 0.3) is 22.3 Å². The molecule has 0 amide bonds. The molecule has 3 aromatic rings. The average molecular weight is 595 g/mol. The topological polar surface area (TPSA) is 249 Å².